The highest BCUT2D eigenvalue weighted by Crippen LogP contribution is 2.36. The quantitative estimate of drug-likeness (QED) is 0.751. The van der Waals surface area contributed by atoms with Crippen LogP contribution in [0.4, 0.5) is 4.79 Å². The van der Waals surface area contributed by atoms with Crippen LogP contribution in [-0.2, 0) is 4.74 Å². The second-order valence-electron chi connectivity index (χ2n) is 4.42. The van der Waals surface area contributed by atoms with E-state index in [-0.39, 0.29) is 12.7 Å². The highest BCUT2D eigenvalue weighted by molar-refractivity contribution is 5.70. The van der Waals surface area contributed by atoms with Crippen molar-refractivity contribution in [1.29, 1.82) is 0 Å². The molecule has 1 radical (unpaired) electrons. The molecule has 0 unspecified atom stereocenters. The van der Waals surface area contributed by atoms with Gasteiger partial charge in [-0.1, -0.05) is 0 Å². The summed E-state index contributed by atoms with van der Waals surface area (Å²) in [5.41, 5.74) is -0.472. The van der Waals surface area contributed by atoms with Crippen molar-refractivity contribution in [2.45, 2.75) is 39.2 Å². The van der Waals surface area contributed by atoms with Crippen LogP contribution in [0.3, 0.4) is 0 Å². The van der Waals surface area contributed by atoms with Gasteiger partial charge in [0.05, 0.1) is 12.6 Å². The number of hydrogen-bond acceptors (Lipinski definition) is 3. The van der Waals surface area contributed by atoms with E-state index >= 15 is 0 Å². The van der Waals surface area contributed by atoms with Gasteiger partial charge in [0.2, 0.25) is 0 Å². The molecular weight excluding hydrogens is 182 g/mol. The van der Waals surface area contributed by atoms with Gasteiger partial charge in [0.15, 0.2) is 0 Å². The summed E-state index contributed by atoms with van der Waals surface area (Å²) in [4.78, 5) is 13.1. The molecule has 1 rings (SSSR count). The van der Waals surface area contributed by atoms with Crippen LogP contribution >= 0.6 is 0 Å². The number of ether oxygens (including phenoxy) is 1. The SMILES string of the molecule is CC(C)(C)OC(=O)N(CCO)[C]1CC1. The molecule has 1 saturated carbocycles. The van der Waals surface area contributed by atoms with Crippen molar-refractivity contribution in [3.05, 3.63) is 6.04 Å². The van der Waals surface area contributed by atoms with Gasteiger partial charge >= 0.3 is 6.09 Å². The summed E-state index contributed by atoms with van der Waals surface area (Å²) in [5.74, 6) is 0. The predicted molar refractivity (Wildman–Crippen MR) is 52.5 cm³/mol. The fourth-order valence-corrected chi connectivity index (χ4v) is 1.12. The van der Waals surface area contributed by atoms with Crippen molar-refractivity contribution in [2.24, 2.45) is 0 Å². The minimum Gasteiger partial charge on any atom is -0.444 e. The zero-order chi connectivity index (χ0) is 10.8. The van der Waals surface area contributed by atoms with Crippen molar-refractivity contribution >= 4 is 6.09 Å². The van der Waals surface area contributed by atoms with Crippen LogP contribution in [-0.4, -0.2) is 34.9 Å². The van der Waals surface area contributed by atoms with Crippen LogP contribution in [0.5, 0.6) is 0 Å². The standard InChI is InChI=1S/C10H18NO3/c1-10(2,3)14-9(13)11(6-7-12)8-4-5-8/h12H,4-7H2,1-3H3. The number of amides is 1. The molecule has 4 heteroatoms. The third-order valence-corrected chi connectivity index (χ3v) is 1.79. The molecule has 0 bridgehead atoms. The average molecular weight is 200 g/mol. The van der Waals surface area contributed by atoms with E-state index in [2.05, 4.69) is 0 Å². The third-order valence-electron chi connectivity index (χ3n) is 1.79. The largest absolute Gasteiger partial charge is 0.444 e. The Labute approximate surface area is 84.8 Å². The Morgan fingerprint density at radius 3 is 2.43 bits per heavy atom. The number of aliphatic hydroxyl groups excluding tert-OH is 1. The third kappa shape index (κ3) is 3.54. The molecule has 81 valence electrons. The maximum absolute atomic E-state index is 11.6. The summed E-state index contributed by atoms with van der Waals surface area (Å²) in [7, 11) is 0. The summed E-state index contributed by atoms with van der Waals surface area (Å²) in [6.07, 6.45) is 1.54. The van der Waals surface area contributed by atoms with Crippen LogP contribution in [0.25, 0.3) is 0 Å². The van der Waals surface area contributed by atoms with Crippen molar-refractivity contribution in [2.75, 3.05) is 13.2 Å². The first-order valence-electron chi connectivity index (χ1n) is 4.90. The normalized spacial score (nSPS) is 16.6. The number of carbonyl (C=O) groups excluding carboxylic acids is 1. The molecule has 4 nitrogen and oxygen atoms in total. The lowest BCUT2D eigenvalue weighted by atomic mass is 10.2. The smallest absolute Gasteiger partial charge is 0.410 e. The van der Waals surface area contributed by atoms with Gasteiger partial charge in [-0.3, -0.25) is 4.90 Å². The van der Waals surface area contributed by atoms with Gasteiger partial charge < -0.3 is 9.84 Å². The van der Waals surface area contributed by atoms with E-state index in [1.807, 2.05) is 20.8 Å². The molecule has 0 saturated heterocycles. The second kappa shape index (κ2) is 4.17. The lowest BCUT2D eigenvalue weighted by molar-refractivity contribution is 0.0265. The minimum absolute atomic E-state index is 0.0251. The first-order valence-corrected chi connectivity index (χ1v) is 4.90. The molecule has 0 spiro atoms. The molecule has 0 atom stereocenters. The van der Waals surface area contributed by atoms with E-state index < -0.39 is 5.60 Å². The van der Waals surface area contributed by atoms with E-state index in [1.165, 1.54) is 4.90 Å². The Morgan fingerprint density at radius 2 is 2.07 bits per heavy atom. The molecule has 1 aliphatic carbocycles. The minimum atomic E-state index is -0.472. The molecule has 1 aliphatic rings. The number of rotatable bonds is 3. The van der Waals surface area contributed by atoms with Crippen LogP contribution in [0.2, 0.25) is 0 Å². The number of carbonyl (C=O) groups is 1. The maximum Gasteiger partial charge on any atom is 0.410 e. The Morgan fingerprint density at radius 1 is 1.50 bits per heavy atom. The first-order chi connectivity index (χ1) is 6.44. The van der Waals surface area contributed by atoms with Crippen molar-refractivity contribution in [3.63, 3.8) is 0 Å². The molecule has 0 heterocycles. The number of nitrogens with zero attached hydrogens (tertiary/aromatic N) is 1. The Balaban J connectivity index is 2.46. The highest BCUT2D eigenvalue weighted by Gasteiger charge is 2.35. The van der Waals surface area contributed by atoms with Crippen LogP contribution in [0.15, 0.2) is 0 Å². The van der Waals surface area contributed by atoms with Crippen LogP contribution in [0.1, 0.15) is 33.6 Å². The van der Waals surface area contributed by atoms with Gasteiger partial charge in [-0.2, -0.15) is 0 Å². The zero-order valence-electron chi connectivity index (χ0n) is 9.04. The molecular formula is C10H18NO3. The van der Waals surface area contributed by atoms with E-state index in [0.717, 1.165) is 18.9 Å². The molecule has 0 aliphatic heterocycles. The maximum atomic E-state index is 11.6. The molecule has 0 aromatic carbocycles. The summed E-state index contributed by atoms with van der Waals surface area (Å²) >= 11 is 0. The van der Waals surface area contributed by atoms with Crippen molar-refractivity contribution in [1.82, 2.24) is 4.90 Å². The zero-order valence-corrected chi connectivity index (χ0v) is 9.04. The van der Waals surface area contributed by atoms with Gasteiger partial charge in [-0.15, -0.1) is 0 Å². The predicted octanol–water partition coefficient (Wildman–Crippen LogP) is 1.54. The van der Waals surface area contributed by atoms with E-state index in [1.54, 1.807) is 0 Å². The van der Waals surface area contributed by atoms with Gasteiger partial charge in [0.25, 0.3) is 0 Å². The van der Waals surface area contributed by atoms with Gasteiger partial charge in [0.1, 0.15) is 5.60 Å². The van der Waals surface area contributed by atoms with Crippen LogP contribution in [0, 0.1) is 6.04 Å². The molecule has 1 fully saturated rings. The van der Waals surface area contributed by atoms with Gasteiger partial charge in [-0.25, -0.2) is 4.79 Å². The molecule has 1 amide bonds. The highest BCUT2D eigenvalue weighted by atomic mass is 16.6. The average Bonchev–Trinajstić information content (AvgIpc) is 2.78. The Kier molecular flexibility index (Phi) is 3.37. The van der Waals surface area contributed by atoms with Gasteiger partial charge in [-0.05, 0) is 33.6 Å². The fourth-order valence-electron chi connectivity index (χ4n) is 1.12. The fraction of sp³-hybridized carbons (Fsp3) is 0.800. The van der Waals surface area contributed by atoms with Crippen molar-refractivity contribution < 1.29 is 14.6 Å². The molecule has 14 heavy (non-hydrogen) atoms. The molecule has 0 aromatic rings. The summed E-state index contributed by atoms with van der Waals surface area (Å²) < 4.78 is 5.21. The summed E-state index contributed by atoms with van der Waals surface area (Å²) in [6, 6.07) is 1.06. The van der Waals surface area contributed by atoms with E-state index in [9.17, 15) is 4.79 Å². The number of hydrogen-bond donors (Lipinski definition) is 1. The monoisotopic (exact) mass is 200 g/mol. The summed E-state index contributed by atoms with van der Waals surface area (Å²) in [6.45, 7) is 5.81. The lowest BCUT2D eigenvalue weighted by Gasteiger charge is -2.26. The van der Waals surface area contributed by atoms with E-state index in [0.29, 0.717) is 6.54 Å². The van der Waals surface area contributed by atoms with Crippen molar-refractivity contribution in [3.8, 4) is 0 Å². The van der Waals surface area contributed by atoms with Gasteiger partial charge in [0, 0.05) is 6.54 Å². The Hall–Kier alpha value is -0.770. The second-order valence-corrected chi connectivity index (χ2v) is 4.42. The molecule has 0 aromatic heterocycles. The van der Waals surface area contributed by atoms with Crippen LogP contribution < -0.4 is 0 Å². The molecule has 1 N–H and O–H groups in total. The lowest BCUT2D eigenvalue weighted by Crippen LogP contribution is -2.37. The topological polar surface area (TPSA) is 49.8 Å². The summed E-state index contributed by atoms with van der Waals surface area (Å²) in [5, 5.41) is 8.80. The number of aliphatic hydroxyl groups is 1. The Bertz CT molecular complexity index is 206. The first kappa shape index (κ1) is 11.3. The van der Waals surface area contributed by atoms with E-state index in [4.69, 9.17) is 9.84 Å².